The first-order chi connectivity index (χ1) is 7.41. The van der Waals surface area contributed by atoms with Crippen LogP contribution in [-0.4, -0.2) is 36.4 Å². The maximum Gasteiger partial charge on any atom is 0.213 e. The van der Waals surface area contributed by atoms with Crippen LogP contribution in [0.25, 0.3) is 0 Å². The van der Waals surface area contributed by atoms with Gasteiger partial charge in [0.05, 0.1) is 0 Å². The molecule has 3 rings (SSSR count). The Balaban J connectivity index is 1.87. The summed E-state index contributed by atoms with van der Waals surface area (Å²) >= 11 is 0. The van der Waals surface area contributed by atoms with Crippen LogP contribution in [0.4, 0.5) is 0 Å². The lowest BCUT2D eigenvalue weighted by atomic mass is 9.72. The Bertz CT molecular complexity index is 319. The first-order valence-corrected chi connectivity index (χ1v) is 5.45. The Morgan fingerprint density at radius 1 is 1.40 bits per heavy atom. The molecule has 0 amide bonds. The second kappa shape index (κ2) is 3.57. The van der Waals surface area contributed by atoms with E-state index in [1.807, 2.05) is 0 Å². The van der Waals surface area contributed by atoms with Crippen molar-refractivity contribution in [1.29, 1.82) is 0 Å². The highest BCUT2D eigenvalue weighted by molar-refractivity contribution is 5.09. The largest absolute Gasteiger partial charge is 0.381 e. The van der Waals surface area contributed by atoms with Crippen molar-refractivity contribution in [3.05, 3.63) is 12.2 Å². The van der Waals surface area contributed by atoms with Crippen molar-refractivity contribution in [3.8, 4) is 0 Å². The molecule has 1 atom stereocenters. The minimum Gasteiger partial charge on any atom is -0.381 e. The van der Waals surface area contributed by atoms with Crippen LogP contribution < -0.4 is 5.32 Å². The summed E-state index contributed by atoms with van der Waals surface area (Å²) in [5.74, 6) is 1.24. The molecule has 2 aliphatic heterocycles. The van der Waals surface area contributed by atoms with Crippen molar-refractivity contribution >= 4 is 0 Å². The van der Waals surface area contributed by atoms with Gasteiger partial charge in [0, 0.05) is 32.2 Å². The third kappa shape index (κ3) is 1.46. The molecule has 0 saturated carbocycles. The Kier molecular flexibility index (Phi) is 2.21. The maximum absolute atomic E-state index is 5.43. The fourth-order valence-corrected chi connectivity index (χ4v) is 2.81. The molecule has 15 heavy (non-hydrogen) atoms. The van der Waals surface area contributed by atoms with Gasteiger partial charge >= 0.3 is 0 Å². The van der Waals surface area contributed by atoms with Crippen LogP contribution in [0.5, 0.6) is 0 Å². The van der Waals surface area contributed by atoms with Crippen LogP contribution in [0.3, 0.4) is 0 Å². The number of nitrogens with one attached hydrogen (secondary N) is 1. The quantitative estimate of drug-likeness (QED) is 0.732. The van der Waals surface area contributed by atoms with E-state index in [-0.39, 0.29) is 0 Å². The van der Waals surface area contributed by atoms with Gasteiger partial charge in [0.25, 0.3) is 0 Å². The topological polar surface area (TPSA) is 60.2 Å². The molecule has 1 spiro atoms. The predicted octanol–water partition coefficient (Wildman–Crippen LogP) is 0.553. The Morgan fingerprint density at radius 3 is 3.00 bits per heavy atom. The van der Waals surface area contributed by atoms with Gasteiger partial charge in [0.2, 0.25) is 6.39 Å². The molecule has 0 bridgehead atoms. The van der Waals surface area contributed by atoms with Gasteiger partial charge in [0.1, 0.15) is 0 Å². The van der Waals surface area contributed by atoms with Crippen LogP contribution in [0, 0.1) is 5.41 Å². The van der Waals surface area contributed by atoms with E-state index in [1.54, 1.807) is 0 Å². The van der Waals surface area contributed by atoms with Gasteiger partial charge in [-0.3, -0.25) is 0 Å². The minimum absolute atomic E-state index is 0.294. The van der Waals surface area contributed by atoms with Gasteiger partial charge in [-0.25, -0.2) is 0 Å². The van der Waals surface area contributed by atoms with E-state index >= 15 is 0 Å². The van der Waals surface area contributed by atoms with Gasteiger partial charge in [-0.2, -0.15) is 4.98 Å². The third-order valence-electron chi connectivity index (χ3n) is 3.74. The number of aromatic nitrogens is 2. The summed E-state index contributed by atoms with van der Waals surface area (Å²) in [6, 6.07) is 0. The normalized spacial score (nSPS) is 29.7. The predicted molar refractivity (Wildman–Crippen MR) is 52.4 cm³/mol. The molecule has 0 radical (unpaired) electrons. The average molecular weight is 209 g/mol. The molecule has 0 aromatic carbocycles. The van der Waals surface area contributed by atoms with Gasteiger partial charge in [-0.1, -0.05) is 5.16 Å². The highest BCUT2D eigenvalue weighted by Crippen LogP contribution is 2.45. The smallest absolute Gasteiger partial charge is 0.213 e. The monoisotopic (exact) mass is 209 g/mol. The maximum atomic E-state index is 5.43. The fourth-order valence-electron chi connectivity index (χ4n) is 2.81. The summed E-state index contributed by atoms with van der Waals surface area (Å²) in [6.07, 6.45) is 3.61. The molecule has 1 aromatic heterocycles. The van der Waals surface area contributed by atoms with Crippen LogP contribution in [0.2, 0.25) is 0 Å². The van der Waals surface area contributed by atoms with Crippen molar-refractivity contribution in [2.75, 3.05) is 26.3 Å². The number of ether oxygens (including phenoxy) is 1. The zero-order valence-electron chi connectivity index (χ0n) is 8.61. The van der Waals surface area contributed by atoms with E-state index in [9.17, 15) is 0 Å². The van der Waals surface area contributed by atoms with Crippen molar-refractivity contribution in [1.82, 2.24) is 15.5 Å². The molecule has 5 heteroatoms. The first kappa shape index (κ1) is 9.30. The molecule has 1 aromatic rings. The Morgan fingerprint density at radius 2 is 2.27 bits per heavy atom. The van der Waals surface area contributed by atoms with Crippen LogP contribution >= 0.6 is 0 Å². The second-order valence-corrected chi connectivity index (χ2v) is 4.45. The highest BCUT2D eigenvalue weighted by Gasteiger charge is 2.46. The third-order valence-corrected chi connectivity index (χ3v) is 3.74. The number of rotatable bonds is 1. The summed E-state index contributed by atoms with van der Waals surface area (Å²) in [6.45, 7) is 3.72. The molecule has 2 fully saturated rings. The van der Waals surface area contributed by atoms with E-state index in [1.165, 1.54) is 6.39 Å². The minimum atomic E-state index is 0.294. The van der Waals surface area contributed by atoms with E-state index in [0.717, 1.165) is 45.0 Å². The van der Waals surface area contributed by atoms with Gasteiger partial charge in [0.15, 0.2) is 5.82 Å². The lowest BCUT2D eigenvalue weighted by Gasteiger charge is -2.36. The lowest BCUT2D eigenvalue weighted by Crippen LogP contribution is -2.36. The zero-order valence-corrected chi connectivity index (χ0v) is 8.61. The molecule has 2 aliphatic rings. The molecular formula is C10H15N3O2. The van der Waals surface area contributed by atoms with Gasteiger partial charge in [-0.05, 0) is 18.3 Å². The fraction of sp³-hybridized carbons (Fsp3) is 0.800. The van der Waals surface area contributed by atoms with Gasteiger partial charge < -0.3 is 14.6 Å². The van der Waals surface area contributed by atoms with Gasteiger partial charge in [-0.15, -0.1) is 0 Å². The second-order valence-electron chi connectivity index (χ2n) is 4.45. The average Bonchev–Trinajstić information content (AvgIpc) is 2.88. The SMILES string of the molecule is c1nc(C2CNCC23CCOCC3)no1. The molecule has 1 unspecified atom stereocenters. The summed E-state index contributed by atoms with van der Waals surface area (Å²) in [7, 11) is 0. The first-order valence-electron chi connectivity index (χ1n) is 5.45. The van der Waals surface area contributed by atoms with Crippen LogP contribution in [0.1, 0.15) is 24.6 Å². The molecule has 5 nitrogen and oxygen atoms in total. The van der Waals surface area contributed by atoms with Crippen LogP contribution in [-0.2, 0) is 4.74 Å². The highest BCUT2D eigenvalue weighted by atomic mass is 16.5. The van der Waals surface area contributed by atoms with Crippen molar-refractivity contribution in [3.63, 3.8) is 0 Å². The van der Waals surface area contributed by atoms with Crippen molar-refractivity contribution in [2.24, 2.45) is 5.41 Å². The van der Waals surface area contributed by atoms with Crippen molar-refractivity contribution < 1.29 is 9.26 Å². The number of hydrogen-bond acceptors (Lipinski definition) is 5. The Labute approximate surface area is 88.2 Å². The van der Waals surface area contributed by atoms with E-state index in [0.29, 0.717) is 11.3 Å². The zero-order chi connectivity index (χ0) is 10.1. The molecule has 1 N–H and O–H groups in total. The van der Waals surface area contributed by atoms with E-state index in [2.05, 4.69) is 15.5 Å². The molecule has 0 aliphatic carbocycles. The lowest BCUT2D eigenvalue weighted by molar-refractivity contribution is 0.0151. The number of nitrogens with zero attached hydrogens (tertiary/aromatic N) is 2. The molecular weight excluding hydrogens is 194 g/mol. The summed E-state index contributed by atoms with van der Waals surface area (Å²) in [4.78, 5) is 4.19. The molecule has 82 valence electrons. The standard InChI is InChI=1S/C10H15N3O2/c1-3-14-4-2-10(1)6-11-5-8(10)9-12-7-15-13-9/h7-8,11H,1-6H2. The molecule has 3 heterocycles. The summed E-state index contributed by atoms with van der Waals surface area (Å²) in [5.41, 5.74) is 0.294. The summed E-state index contributed by atoms with van der Waals surface area (Å²) < 4.78 is 10.3. The van der Waals surface area contributed by atoms with E-state index in [4.69, 9.17) is 9.26 Å². The number of hydrogen-bond donors (Lipinski definition) is 1. The van der Waals surface area contributed by atoms with E-state index < -0.39 is 0 Å². The van der Waals surface area contributed by atoms with Crippen LogP contribution in [0.15, 0.2) is 10.9 Å². The Hall–Kier alpha value is -0.940. The van der Waals surface area contributed by atoms with Crippen molar-refractivity contribution in [2.45, 2.75) is 18.8 Å². The summed E-state index contributed by atoms with van der Waals surface area (Å²) in [5, 5.41) is 7.42. The molecule has 2 saturated heterocycles.